The minimum Gasteiger partial charge on any atom is -0.462 e. The molecule has 0 aromatic heterocycles. The molecule has 1 unspecified atom stereocenters. The highest BCUT2D eigenvalue weighted by Gasteiger charge is 2.19. The third-order valence-corrected chi connectivity index (χ3v) is 16.3. The summed E-state index contributed by atoms with van der Waals surface area (Å²) in [6, 6.07) is 0. The third-order valence-electron chi connectivity index (χ3n) is 16.3. The molecule has 478 valence electrons. The van der Waals surface area contributed by atoms with E-state index in [9.17, 15) is 14.4 Å². The standard InChI is InChI=1S/C76H138O6/c1-4-7-10-13-16-19-22-25-27-29-31-33-35-36-37-38-39-40-41-43-44-46-48-51-54-57-60-63-66-69-75(78)81-72-73(71-80-74(77)68-65-62-59-56-53-50-24-21-18-15-12-9-6-3)82-76(79)70-67-64-61-58-55-52-49-47-45-42-34-32-30-28-26-23-20-17-14-11-8-5-2/h7,10,16,19,21,24-25,27,31,33,73H,4-6,8-9,11-15,17-18,20,22-23,26,28-30,32,34-72H2,1-3H3/b10-7-,19-16-,24-21-,27-25-,33-31-. The number of esters is 3. The molecule has 0 aliphatic rings. The van der Waals surface area contributed by atoms with Crippen LogP contribution >= 0.6 is 0 Å². The number of rotatable bonds is 67. The molecule has 0 aromatic carbocycles. The van der Waals surface area contributed by atoms with Crippen LogP contribution in [0, 0.1) is 0 Å². The van der Waals surface area contributed by atoms with Crippen LogP contribution in [0.5, 0.6) is 0 Å². The second-order valence-electron chi connectivity index (χ2n) is 24.5. The molecule has 0 bridgehead atoms. The zero-order valence-corrected chi connectivity index (χ0v) is 55.0. The lowest BCUT2D eigenvalue weighted by atomic mass is 10.0. The normalized spacial score (nSPS) is 12.4. The van der Waals surface area contributed by atoms with Crippen molar-refractivity contribution < 1.29 is 28.6 Å². The fourth-order valence-electron chi connectivity index (χ4n) is 10.8. The topological polar surface area (TPSA) is 78.9 Å². The Morgan fingerprint density at radius 2 is 0.476 bits per heavy atom. The molecule has 0 spiro atoms. The number of unbranched alkanes of at least 4 members (excludes halogenated alkanes) is 46. The molecule has 0 saturated heterocycles. The fraction of sp³-hybridized carbons (Fsp3) is 0.829. The molecule has 0 aromatic rings. The summed E-state index contributed by atoms with van der Waals surface area (Å²) < 4.78 is 17.0. The Morgan fingerprint density at radius 3 is 0.768 bits per heavy atom. The van der Waals surface area contributed by atoms with Gasteiger partial charge in [0.2, 0.25) is 0 Å². The molecular weight excluding hydrogens is 1010 g/mol. The van der Waals surface area contributed by atoms with Crippen LogP contribution in [-0.2, 0) is 28.6 Å². The Hall–Kier alpha value is -2.89. The Labute approximate surface area is 510 Å². The lowest BCUT2D eigenvalue weighted by Crippen LogP contribution is -2.30. The van der Waals surface area contributed by atoms with Crippen LogP contribution in [0.3, 0.4) is 0 Å². The fourth-order valence-corrected chi connectivity index (χ4v) is 10.8. The van der Waals surface area contributed by atoms with Gasteiger partial charge in [-0.3, -0.25) is 14.4 Å². The number of carbonyl (C=O) groups excluding carboxylic acids is 3. The van der Waals surface area contributed by atoms with E-state index in [4.69, 9.17) is 14.2 Å². The quantitative estimate of drug-likeness (QED) is 0.0261. The lowest BCUT2D eigenvalue weighted by molar-refractivity contribution is -0.167. The molecule has 6 nitrogen and oxygen atoms in total. The number of hydrogen-bond acceptors (Lipinski definition) is 6. The van der Waals surface area contributed by atoms with Gasteiger partial charge >= 0.3 is 17.9 Å². The van der Waals surface area contributed by atoms with Gasteiger partial charge in [0.05, 0.1) is 0 Å². The molecule has 0 aliphatic carbocycles. The molecule has 1 atom stereocenters. The highest BCUT2D eigenvalue weighted by Crippen LogP contribution is 2.19. The molecule has 0 aliphatic heterocycles. The molecule has 82 heavy (non-hydrogen) atoms. The number of carbonyl (C=O) groups is 3. The molecule has 0 rings (SSSR count). The van der Waals surface area contributed by atoms with E-state index in [1.54, 1.807) is 0 Å². The van der Waals surface area contributed by atoms with Gasteiger partial charge in [-0.2, -0.15) is 0 Å². The first-order valence-electron chi connectivity index (χ1n) is 36.3. The maximum atomic E-state index is 13.0. The van der Waals surface area contributed by atoms with Gasteiger partial charge in [-0.15, -0.1) is 0 Å². The second-order valence-corrected chi connectivity index (χ2v) is 24.5. The Kier molecular flexibility index (Phi) is 68.1. The molecular formula is C76H138O6. The Morgan fingerprint density at radius 1 is 0.256 bits per heavy atom. The summed E-state index contributed by atoms with van der Waals surface area (Å²) in [7, 11) is 0. The summed E-state index contributed by atoms with van der Waals surface area (Å²) in [4.78, 5) is 38.4. The van der Waals surface area contributed by atoms with E-state index < -0.39 is 6.10 Å². The average Bonchev–Trinajstić information content (AvgIpc) is 3.47. The van der Waals surface area contributed by atoms with Crippen LogP contribution in [0.15, 0.2) is 60.8 Å². The number of allylic oxidation sites excluding steroid dienone is 10. The van der Waals surface area contributed by atoms with Crippen LogP contribution in [0.2, 0.25) is 0 Å². The Balaban J connectivity index is 4.20. The largest absolute Gasteiger partial charge is 0.462 e. The van der Waals surface area contributed by atoms with Crippen LogP contribution in [0.4, 0.5) is 0 Å². The molecule has 6 heteroatoms. The van der Waals surface area contributed by atoms with E-state index in [-0.39, 0.29) is 31.1 Å². The molecule has 0 heterocycles. The van der Waals surface area contributed by atoms with Crippen molar-refractivity contribution in [2.75, 3.05) is 13.2 Å². The first-order valence-corrected chi connectivity index (χ1v) is 36.3. The van der Waals surface area contributed by atoms with Crippen molar-refractivity contribution >= 4 is 17.9 Å². The summed E-state index contributed by atoms with van der Waals surface area (Å²) in [5.74, 6) is -0.853. The van der Waals surface area contributed by atoms with Crippen molar-refractivity contribution in [1.29, 1.82) is 0 Å². The van der Waals surface area contributed by atoms with Crippen molar-refractivity contribution in [2.24, 2.45) is 0 Å². The van der Waals surface area contributed by atoms with E-state index in [1.165, 1.54) is 257 Å². The smallest absolute Gasteiger partial charge is 0.306 e. The molecule has 0 N–H and O–H groups in total. The van der Waals surface area contributed by atoms with Crippen molar-refractivity contribution in [3.05, 3.63) is 60.8 Å². The second kappa shape index (κ2) is 70.6. The van der Waals surface area contributed by atoms with E-state index in [0.717, 1.165) is 89.9 Å². The summed E-state index contributed by atoms with van der Waals surface area (Å²) in [5.41, 5.74) is 0. The average molecular weight is 1150 g/mol. The lowest BCUT2D eigenvalue weighted by Gasteiger charge is -2.18. The van der Waals surface area contributed by atoms with Crippen molar-refractivity contribution in [1.82, 2.24) is 0 Å². The van der Waals surface area contributed by atoms with Crippen LogP contribution in [0.25, 0.3) is 0 Å². The van der Waals surface area contributed by atoms with E-state index in [2.05, 4.69) is 81.5 Å². The van der Waals surface area contributed by atoms with Gasteiger partial charge in [-0.25, -0.2) is 0 Å². The van der Waals surface area contributed by atoms with Crippen LogP contribution < -0.4 is 0 Å². The summed E-state index contributed by atoms with van der Waals surface area (Å²) >= 11 is 0. The summed E-state index contributed by atoms with van der Waals surface area (Å²) in [6.45, 7) is 6.58. The van der Waals surface area contributed by atoms with Gasteiger partial charge in [0.15, 0.2) is 6.10 Å². The monoisotopic (exact) mass is 1150 g/mol. The predicted octanol–water partition coefficient (Wildman–Crippen LogP) is 25.1. The first-order chi connectivity index (χ1) is 40.5. The van der Waals surface area contributed by atoms with E-state index in [0.29, 0.717) is 19.3 Å². The predicted molar refractivity (Wildman–Crippen MR) is 358 cm³/mol. The minimum absolute atomic E-state index is 0.0713. The molecule has 0 fully saturated rings. The van der Waals surface area contributed by atoms with E-state index >= 15 is 0 Å². The first kappa shape index (κ1) is 79.1. The molecule has 0 radical (unpaired) electrons. The molecule has 0 saturated carbocycles. The molecule has 0 amide bonds. The van der Waals surface area contributed by atoms with Gasteiger partial charge in [0.25, 0.3) is 0 Å². The van der Waals surface area contributed by atoms with Crippen LogP contribution in [-0.4, -0.2) is 37.2 Å². The zero-order chi connectivity index (χ0) is 59.2. The maximum Gasteiger partial charge on any atom is 0.306 e. The van der Waals surface area contributed by atoms with Gasteiger partial charge in [-0.1, -0.05) is 345 Å². The van der Waals surface area contributed by atoms with Gasteiger partial charge in [-0.05, 0) is 83.5 Å². The van der Waals surface area contributed by atoms with Crippen molar-refractivity contribution in [2.45, 2.75) is 393 Å². The van der Waals surface area contributed by atoms with Gasteiger partial charge in [0.1, 0.15) is 13.2 Å². The zero-order valence-electron chi connectivity index (χ0n) is 55.0. The maximum absolute atomic E-state index is 13.0. The third kappa shape index (κ3) is 67.9. The highest BCUT2D eigenvalue weighted by atomic mass is 16.6. The van der Waals surface area contributed by atoms with Gasteiger partial charge in [0, 0.05) is 19.3 Å². The highest BCUT2D eigenvalue weighted by molar-refractivity contribution is 5.71. The number of hydrogen-bond donors (Lipinski definition) is 0. The van der Waals surface area contributed by atoms with E-state index in [1.807, 2.05) is 0 Å². The Bertz CT molecular complexity index is 1460. The SMILES string of the molecule is CC/C=C\C/C=C\C/C=C\C/C=C\CCCCCCCCCCCCCCCCCCC(=O)OCC(COC(=O)CCCCCCC/C=C\CCCCCC)OC(=O)CCCCCCCCCCCCCCCCCCCCCCCC. The minimum atomic E-state index is -0.775. The van der Waals surface area contributed by atoms with Crippen LogP contribution in [0.1, 0.15) is 387 Å². The summed E-state index contributed by atoms with van der Waals surface area (Å²) in [6.07, 6.45) is 91.2. The summed E-state index contributed by atoms with van der Waals surface area (Å²) in [5, 5.41) is 0. The van der Waals surface area contributed by atoms with Gasteiger partial charge < -0.3 is 14.2 Å². The van der Waals surface area contributed by atoms with Crippen molar-refractivity contribution in [3.8, 4) is 0 Å². The van der Waals surface area contributed by atoms with Crippen molar-refractivity contribution in [3.63, 3.8) is 0 Å². The number of ether oxygens (including phenoxy) is 3.